The topological polar surface area (TPSA) is 0 Å². The van der Waals surface area contributed by atoms with Gasteiger partial charge in [0, 0.05) is 4.90 Å². The number of hydrogen-bond acceptors (Lipinski definition) is 1. The van der Waals surface area contributed by atoms with Crippen molar-refractivity contribution in [2.24, 2.45) is 0 Å². The van der Waals surface area contributed by atoms with Crippen LogP contribution in [0.1, 0.15) is 19.4 Å². The van der Waals surface area contributed by atoms with Crippen molar-refractivity contribution in [3.8, 4) is 0 Å². The fourth-order valence-corrected chi connectivity index (χ4v) is 0.694. The van der Waals surface area contributed by atoms with Crippen LogP contribution in [-0.4, -0.2) is 0 Å². The summed E-state index contributed by atoms with van der Waals surface area (Å²) in [7, 11) is 0. The van der Waals surface area contributed by atoms with Crippen molar-refractivity contribution < 1.29 is 0 Å². The van der Waals surface area contributed by atoms with E-state index in [2.05, 4.69) is 19.6 Å². The number of benzene rings is 1. The van der Waals surface area contributed by atoms with E-state index in [-0.39, 0.29) is 0 Å². The Balaban J connectivity index is 0.000000371. The second-order valence-corrected chi connectivity index (χ2v) is 2.35. The van der Waals surface area contributed by atoms with Gasteiger partial charge in [0.2, 0.25) is 0 Å². The van der Waals surface area contributed by atoms with Crippen molar-refractivity contribution in [3.63, 3.8) is 0 Å². The zero-order valence-corrected chi connectivity index (χ0v) is 7.65. The fourth-order valence-electron chi connectivity index (χ4n) is 0.545. The fraction of sp³-hybridized carbons (Fsp3) is 0.333. The molecule has 0 aliphatic heterocycles. The number of aryl methyl sites for hydroxylation is 1. The molecule has 0 spiro atoms. The molecule has 1 heteroatoms. The zero-order chi connectivity index (χ0) is 7.98. The molecule has 0 aromatic heterocycles. The summed E-state index contributed by atoms with van der Waals surface area (Å²) in [5.41, 5.74) is 1.28. The van der Waals surface area contributed by atoms with E-state index in [0.717, 1.165) is 4.90 Å². The van der Waals surface area contributed by atoms with E-state index < -0.39 is 0 Å². The minimum atomic E-state index is 1.02. The maximum atomic E-state index is 4.13. The molecule has 0 atom stereocenters. The molecular formula is C9H14S. The minimum absolute atomic E-state index is 1.02. The van der Waals surface area contributed by atoms with Crippen molar-refractivity contribution in [2.75, 3.05) is 0 Å². The predicted molar refractivity (Wildman–Crippen MR) is 49.8 cm³/mol. The molecule has 0 aliphatic rings. The molecule has 0 saturated heterocycles. The quantitative estimate of drug-likeness (QED) is 0.544. The molecule has 0 fully saturated rings. The van der Waals surface area contributed by atoms with Gasteiger partial charge in [-0.15, -0.1) is 12.6 Å². The van der Waals surface area contributed by atoms with E-state index in [0.29, 0.717) is 0 Å². The highest BCUT2D eigenvalue weighted by atomic mass is 32.1. The van der Waals surface area contributed by atoms with Crippen LogP contribution < -0.4 is 0 Å². The van der Waals surface area contributed by atoms with Gasteiger partial charge in [0.05, 0.1) is 0 Å². The summed E-state index contributed by atoms with van der Waals surface area (Å²) >= 11 is 4.13. The molecule has 0 nitrogen and oxygen atoms in total. The number of thiol groups is 1. The molecule has 0 radical (unpaired) electrons. The lowest BCUT2D eigenvalue weighted by Gasteiger charge is -1.89. The van der Waals surface area contributed by atoms with Gasteiger partial charge in [-0.3, -0.25) is 0 Å². The number of hydrogen-bond donors (Lipinski definition) is 1. The molecule has 0 N–H and O–H groups in total. The SMILES string of the molecule is CC.Cc1ccc(S)cc1. The van der Waals surface area contributed by atoms with Crippen molar-refractivity contribution in [1.82, 2.24) is 0 Å². The Morgan fingerprint density at radius 1 is 1.00 bits per heavy atom. The van der Waals surface area contributed by atoms with Crippen LogP contribution in [0.25, 0.3) is 0 Å². The normalized spacial score (nSPS) is 8.00. The van der Waals surface area contributed by atoms with Crippen molar-refractivity contribution >= 4 is 12.6 Å². The molecule has 1 aromatic carbocycles. The van der Waals surface area contributed by atoms with E-state index in [9.17, 15) is 0 Å². The van der Waals surface area contributed by atoms with Gasteiger partial charge in [0.1, 0.15) is 0 Å². The smallest absolute Gasteiger partial charge is 0.00401 e. The van der Waals surface area contributed by atoms with Crippen LogP contribution in [0.2, 0.25) is 0 Å². The van der Waals surface area contributed by atoms with E-state index in [1.54, 1.807) is 0 Å². The molecule has 0 saturated carbocycles. The van der Waals surface area contributed by atoms with Crippen molar-refractivity contribution in [3.05, 3.63) is 29.8 Å². The summed E-state index contributed by atoms with van der Waals surface area (Å²) in [4.78, 5) is 1.02. The first-order valence-electron chi connectivity index (χ1n) is 3.54. The van der Waals surface area contributed by atoms with Crippen LogP contribution in [0, 0.1) is 6.92 Å². The van der Waals surface area contributed by atoms with Gasteiger partial charge in [-0.2, -0.15) is 0 Å². The lowest BCUT2D eigenvalue weighted by molar-refractivity contribution is 1.39. The molecule has 1 aromatic rings. The highest BCUT2D eigenvalue weighted by Gasteiger charge is 1.80. The van der Waals surface area contributed by atoms with E-state index in [1.807, 2.05) is 38.1 Å². The molecule has 0 aliphatic carbocycles. The Kier molecular flexibility index (Phi) is 5.13. The third kappa shape index (κ3) is 3.57. The molecule has 56 valence electrons. The second kappa shape index (κ2) is 5.36. The predicted octanol–water partition coefficient (Wildman–Crippen LogP) is 3.31. The summed E-state index contributed by atoms with van der Waals surface area (Å²) in [6, 6.07) is 8.06. The largest absolute Gasteiger partial charge is 0.143 e. The van der Waals surface area contributed by atoms with Gasteiger partial charge >= 0.3 is 0 Å². The third-order valence-corrected chi connectivity index (χ3v) is 1.33. The average Bonchev–Trinajstić information content (AvgIpc) is 2.00. The highest BCUT2D eigenvalue weighted by molar-refractivity contribution is 7.80. The lowest BCUT2D eigenvalue weighted by Crippen LogP contribution is -1.67. The molecular weight excluding hydrogens is 140 g/mol. The van der Waals surface area contributed by atoms with E-state index in [1.165, 1.54) is 5.56 Å². The highest BCUT2D eigenvalue weighted by Crippen LogP contribution is 2.05. The van der Waals surface area contributed by atoms with Gasteiger partial charge in [-0.1, -0.05) is 31.5 Å². The summed E-state index contributed by atoms with van der Waals surface area (Å²) in [6.45, 7) is 6.06. The van der Waals surface area contributed by atoms with Crippen LogP contribution in [0.15, 0.2) is 29.2 Å². The van der Waals surface area contributed by atoms with E-state index in [4.69, 9.17) is 0 Å². The van der Waals surface area contributed by atoms with Gasteiger partial charge < -0.3 is 0 Å². The lowest BCUT2D eigenvalue weighted by atomic mass is 10.2. The maximum Gasteiger partial charge on any atom is 0.00401 e. The average molecular weight is 154 g/mol. The first-order valence-corrected chi connectivity index (χ1v) is 3.99. The van der Waals surface area contributed by atoms with Gasteiger partial charge in [-0.25, -0.2) is 0 Å². The Bertz CT molecular complexity index is 144. The molecule has 0 unspecified atom stereocenters. The third-order valence-electron chi connectivity index (χ3n) is 1.03. The van der Waals surface area contributed by atoms with Crippen molar-refractivity contribution in [1.29, 1.82) is 0 Å². The van der Waals surface area contributed by atoms with Crippen LogP contribution in [0.3, 0.4) is 0 Å². The Morgan fingerprint density at radius 2 is 1.40 bits per heavy atom. The molecule has 0 bridgehead atoms. The Labute approximate surface area is 68.7 Å². The van der Waals surface area contributed by atoms with Crippen LogP contribution in [0.4, 0.5) is 0 Å². The monoisotopic (exact) mass is 154 g/mol. The standard InChI is InChI=1S/C7H8S.C2H6/c1-6-2-4-7(8)5-3-6;1-2/h2-5,8H,1H3;1-2H3. The number of rotatable bonds is 0. The molecule has 1 rings (SSSR count). The Morgan fingerprint density at radius 3 is 1.70 bits per heavy atom. The van der Waals surface area contributed by atoms with Gasteiger partial charge in [0.25, 0.3) is 0 Å². The summed E-state index contributed by atoms with van der Waals surface area (Å²) < 4.78 is 0. The molecule has 0 amide bonds. The van der Waals surface area contributed by atoms with Crippen LogP contribution >= 0.6 is 12.6 Å². The van der Waals surface area contributed by atoms with Gasteiger partial charge in [-0.05, 0) is 19.1 Å². The first-order chi connectivity index (χ1) is 4.79. The van der Waals surface area contributed by atoms with Gasteiger partial charge in [0.15, 0.2) is 0 Å². The summed E-state index contributed by atoms with van der Waals surface area (Å²) in [5.74, 6) is 0. The summed E-state index contributed by atoms with van der Waals surface area (Å²) in [5, 5.41) is 0. The Hall–Kier alpha value is -0.430. The van der Waals surface area contributed by atoms with Crippen LogP contribution in [-0.2, 0) is 0 Å². The minimum Gasteiger partial charge on any atom is -0.143 e. The molecule has 10 heavy (non-hydrogen) atoms. The maximum absolute atomic E-state index is 4.13. The van der Waals surface area contributed by atoms with Crippen molar-refractivity contribution in [2.45, 2.75) is 25.7 Å². The first kappa shape index (κ1) is 9.57. The van der Waals surface area contributed by atoms with E-state index >= 15 is 0 Å². The zero-order valence-electron chi connectivity index (χ0n) is 6.76. The molecule has 0 heterocycles. The second-order valence-electron chi connectivity index (χ2n) is 1.84. The summed E-state index contributed by atoms with van der Waals surface area (Å²) in [6.07, 6.45) is 0. The van der Waals surface area contributed by atoms with Crippen LogP contribution in [0.5, 0.6) is 0 Å².